The summed E-state index contributed by atoms with van der Waals surface area (Å²) in [5.74, 6) is -0.811. The van der Waals surface area contributed by atoms with E-state index < -0.39 is 5.97 Å². The number of esters is 1. The molecule has 0 aliphatic carbocycles. The number of aliphatic carboxylic acids is 1. The van der Waals surface area contributed by atoms with Gasteiger partial charge in [-0.05, 0) is 70.3 Å². The van der Waals surface area contributed by atoms with E-state index in [-0.39, 0.29) is 18.5 Å². The third-order valence-corrected chi connectivity index (χ3v) is 6.55. The highest BCUT2D eigenvalue weighted by molar-refractivity contribution is 5.69. The summed E-state index contributed by atoms with van der Waals surface area (Å²) in [6.07, 6.45) is 36.2. The van der Waals surface area contributed by atoms with E-state index in [0.29, 0.717) is 6.42 Å². The number of ether oxygens (including phenoxy) is 1. The average molecular weight is 519 g/mol. The Kier molecular flexibility index (Phi) is 27.3. The lowest BCUT2D eigenvalue weighted by Gasteiger charge is -2.14. The number of rotatable bonds is 27. The van der Waals surface area contributed by atoms with Crippen molar-refractivity contribution in [2.24, 2.45) is 0 Å². The minimum atomic E-state index is -0.728. The van der Waals surface area contributed by atoms with E-state index in [9.17, 15) is 9.59 Å². The van der Waals surface area contributed by atoms with Gasteiger partial charge in [0.1, 0.15) is 6.10 Å². The van der Waals surface area contributed by atoms with Crippen molar-refractivity contribution in [1.29, 1.82) is 0 Å². The van der Waals surface area contributed by atoms with Crippen LogP contribution in [0.3, 0.4) is 0 Å². The molecular formula is C33H58O4. The molecule has 0 aliphatic heterocycles. The molecule has 0 aromatic heterocycles. The predicted molar refractivity (Wildman–Crippen MR) is 158 cm³/mol. The Balaban J connectivity index is 3.76. The highest BCUT2D eigenvalue weighted by Crippen LogP contribution is 2.14. The van der Waals surface area contributed by atoms with Crippen molar-refractivity contribution < 1.29 is 19.4 Å². The smallest absolute Gasteiger partial charge is 0.306 e. The van der Waals surface area contributed by atoms with Crippen molar-refractivity contribution in [3.05, 3.63) is 36.5 Å². The van der Waals surface area contributed by atoms with Crippen LogP contribution in [0.2, 0.25) is 0 Å². The molecule has 0 rings (SSSR count). The molecule has 0 bridgehead atoms. The van der Waals surface area contributed by atoms with Crippen molar-refractivity contribution in [3.8, 4) is 0 Å². The van der Waals surface area contributed by atoms with Crippen LogP contribution in [0, 0.1) is 0 Å². The lowest BCUT2D eigenvalue weighted by molar-refractivity contribution is -0.147. The third-order valence-electron chi connectivity index (χ3n) is 6.55. The minimum Gasteiger partial charge on any atom is -0.481 e. The molecule has 0 saturated heterocycles. The first kappa shape index (κ1) is 35.2. The molecule has 0 fully saturated rings. The van der Waals surface area contributed by atoms with Crippen LogP contribution < -0.4 is 0 Å². The number of carboxylic acids is 1. The molecule has 0 radical (unpaired) electrons. The van der Waals surface area contributed by atoms with Gasteiger partial charge in [-0.15, -0.1) is 0 Å². The molecule has 0 aliphatic rings. The van der Waals surface area contributed by atoms with Crippen LogP contribution in [-0.2, 0) is 14.3 Å². The van der Waals surface area contributed by atoms with E-state index >= 15 is 0 Å². The van der Waals surface area contributed by atoms with Gasteiger partial charge >= 0.3 is 11.9 Å². The second-order valence-corrected chi connectivity index (χ2v) is 10.3. The molecule has 1 atom stereocenters. The largest absolute Gasteiger partial charge is 0.481 e. The summed E-state index contributed by atoms with van der Waals surface area (Å²) >= 11 is 0. The van der Waals surface area contributed by atoms with Crippen molar-refractivity contribution in [2.45, 2.75) is 161 Å². The molecule has 0 spiro atoms. The number of unbranched alkanes of at least 4 members (excludes halogenated alkanes) is 14. The number of carboxylic acid groups (broad SMARTS) is 1. The van der Waals surface area contributed by atoms with Crippen LogP contribution in [-0.4, -0.2) is 23.1 Å². The van der Waals surface area contributed by atoms with Gasteiger partial charge in [0.15, 0.2) is 0 Å². The van der Waals surface area contributed by atoms with Crippen LogP contribution in [0.25, 0.3) is 0 Å². The standard InChI is InChI=1S/C33H58O4/c1-3-5-7-8-9-10-11-12-13-14-15-16-17-18-19-20-26-30-33(36)37-31(27-23-6-4-2)28-24-21-22-25-29-32(34)35/h9-10,12-13,23,27,31H,3-8,11,14-22,24-26,28-30H2,1-2H3,(H,34,35)/b10-9-,13-12-,27-23-. The maximum Gasteiger partial charge on any atom is 0.306 e. The molecule has 4 nitrogen and oxygen atoms in total. The average Bonchev–Trinajstić information content (AvgIpc) is 2.87. The second kappa shape index (κ2) is 28.7. The van der Waals surface area contributed by atoms with Crippen molar-refractivity contribution in [2.75, 3.05) is 0 Å². The third kappa shape index (κ3) is 28.6. The Labute approximate surface area is 229 Å². The van der Waals surface area contributed by atoms with E-state index in [1.165, 1.54) is 64.2 Å². The van der Waals surface area contributed by atoms with E-state index in [1.807, 2.05) is 6.08 Å². The maximum absolute atomic E-state index is 12.3. The first-order valence-corrected chi connectivity index (χ1v) is 15.5. The lowest BCUT2D eigenvalue weighted by atomic mass is 10.1. The normalized spacial score (nSPS) is 12.7. The van der Waals surface area contributed by atoms with E-state index in [1.54, 1.807) is 0 Å². The summed E-state index contributed by atoms with van der Waals surface area (Å²) in [7, 11) is 0. The SMILES string of the molecule is CCC/C=C\C(CCCCCCC(=O)O)OC(=O)CCCCCCCCC/C=C\C/C=C\CCCCC. The summed E-state index contributed by atoms with van der Waals surface area (Å²) in [5, 5.41) is 8.72. The van der Waals surface area contributed by atoms with Crippen LogP contribution in [0.15, 0.2) is 36.5 Å². The number of carbonyl (C=O) groups is 2. The Morgan fingerprint density at radius 3 is 1.81 bits per heavy atom. The molecule has 4 heteroatoms. The summed E-state index contributed by atoms with van der Waals surface area (Å²) in [6, 6.07) is 0. The van der Waals surface area contributed by atoms with E-state index in [4.69, 9.17) is 9.84 Å². The van der Waals surface area contributed by atoms with Gasteiger partial charge in [-0.1, -0.05) is 108 Å². The van der Waals surface area contributed by atoms with Gasteiger partial charge in [0, 0.05) is 12.8 Å². The Morgan fingerprint density at radius 2 is 1.19 bits per heavy atom. The lowest BCUT2D eigenvalue weighted by Crippen LogP contribution is -2.16. The first-order chi connectivity index (χ1) is 18.1. The summed E-state index contributed by atoms with van der Waals surface area (Å²) < 4.78 is 5.74. The van der Waals surface area contributed by atoms with Gasteiger partial charge in [0.25, 0.3) is 0 Å². The topological polar surface area (TPSA) is 63.6 Å². The second-order valence-electron chi connectivity index (χ2n) is 10.3. The Morgan fingerprint density at radius 1 is 0.622 bits per heavy atom. The van der Waals surface area contributed by atoms with Crippen LogP contribution in [0.4, 0.5) is 0 Å². The zero-order chi connectivity index (χ0) is 27.2. The van der Waals surface area contributed by atoms with Crippen molar-refractivity contribution in [3.63, 3.8) is 0 Å². The van der Waals surface area contributed by atoms with Gasteiger partial charge in [-0.3, -0.25) is 9.59 Å². The molecular weight excluding hydrogens is 460 g/mol. The van der Waals surface area contributed by atoms with Crippen LogP contribution >= 0.6 is 0 Å². The van der Waals surface area contributed by atoms with Crippen molar-refractivity contribution in [1.82, 2.24) is 0 Å². The molecule has 0 aromatic rings. The summed E-state index contributed by atoms with van der Waals surface area (Å²) in [5.41, 5.74) is 0. The first-order valence-electron chi connectivity index (χ1n) is 15.5. The minimum absolute atomic E-state index is 0.0837. The van der Waals surface area contributed by atoms with Gasteiger partial charge in [-0.25, -0.2) is 0 Å². The highest BCUT2D eigenvalue weighted by Gasteiger charge is 2.11. The monoisotopic (exact) mass is 518 g/mol. The molecule has 0 aromatic carbocycles. The Bertz CT molecular complexity index is 605. The molecule has 1 unspecified atom stereocenters. The van der Waals surface area contributed by atoms with Gasteiger partial charge in [0.05, 0.1) is 0 Å². The fourth-order valence-corrected chi connectivity index (χ4v) is 4.25. The highest BCUT2D eigenvalue weighted by atomic mass is 16.5. The number of hydrogen-bond donors (Lipinski definition) is 1. The number of hydrogen-bond acceptors (Lipinski definition) is 3. The number of allylic oxidation sites excluding steroid dienone is 5. The molecule has 0 saturated carbocycles. The molecule has 1 N–H and O–H groups in total. The maximum atomic E-state index is 12.3. The summed E-state index contributed by atoms with van der Waals surface area (Å²) in [4.78, 5) is 22.9. The predicted octanol–water partition coefficient (Wildman–Crippen LogP) is 10.3. The van der Waals surface area contributed by atoms with Crippen molar-refractivity contribution >= 4 is 11.9 Å². The van der Waals surface area contributed by atoms with Crippen LogP contribution in [0.5, 0.6) is 0 Å². The fraction of sp³-hybridized carbons (Fsp3) is 0.758. The summed E-state index contributed by atoms with van der Waals surface area (Å²) in [6.45, 7) is 4.39. The van der Waals surface area contributed by atoms with E-state index in [2.05, 4.69) is 44.2 Å². The fourth-order valence-electron chi connectivity index (χ4n) is 4.25. The Hall–Kier alpha value is -1.84. The molecule has 0 amide bonds. The zero-order valence-electron chi connectivity index (χ0n) is 24.3. The van der Waals surface area contributed by atoms with Crippen LogP contribution in [0.1, 0.15) is 155 Å². The number of carbonyl (C=O) groups excluding carboxylic acids is 1. The quantitative estimate of drug-likeness (QED) is 0.0667. The zero-order valence-corrected chi connectivity index (χ0v) is 24.3. The molecule has 37 heavy (non-hydrogen) atoms. The van der Waals surface area contributed by atoms with Gasteiger partial charge < -0.3 is 9.84 Å². The molecule has 214 valence electrons. The van der Waals surface area contributed by atoms with Gasteiger partial charge in [0.2, 0.25) is 0 Å². The van der Waals surface area contributed by atoms with E-state index in [0.717, 1.165) is 64.2 Å². The molecule has 0 heterocycles. The van der Waals surface area contributed by atoms with Gasteiger partial charge in [-0.2, -0.15) is 0 Å².